The lowest BCUT2D eigenvalue weighted by atomic mass is 9.98. The first kappa shape index (κ1) is 20.4. The first-order valence-electron chi connectivity index (χ1n) is 10.6. The largest absolute Gasteiger partial charge is 0.355 e. The molecule has 0 saturated carbocycles. The van der Waals surface area contributed by atoms with Crippen molar-refractivity contribution in [1.29, 1.82) is 0 Å². The van der Waals surface area contributed by atoms with E-state index in [1.54, 1.807) is 30.7 Å². The highest BCUT2D eigenvalue weighted by molar-refractivity contribution is 5.93. The number of nitrogens with zero attached hydrogens (tertiary/aromatic N) is 4. The number of carbonyl (C=O) groups is 1. The molecule has 33 heavy (non-hydrogen) atoms. The second kappa shape index (κ2) is 9.32. The van der Waals surface area contributed by atoms with Gasteiger partial charge in [0.15, 0.2) is 11.5 Å². The molecule has 0 atom stereocenters. The van der Waals surface area contributed by atoms with Gasteiger partial charge < -0.3 is 9.84 Å². The predicted molar refractivity (Wildman–Crippen MR) is 124 cm³/mol. The van der Waals surface area contributed by atoms with Gasteiger partial charge >= 0.3 is 0 Å². The van der Waals surface area contributed by atoms with Crippen molar-refractivity contribution < 1.29 is 9.32 Å². The molecule has 5 rings (SSSR count). The number of rotatable bonds is 7. The van der Waals surface area contributed by atoms with Crippen LogP contribution in [-0.4, -0.2) is 25.8 Å². The Hall–Kier alpha value is -4.52. The van der Waals surface area contributed by atoms with Crippen LogP contribution < -0.4 is 5.32 Å². The fraction of sp³-hybridized carbons (Fsp3) is 0.0769. The van der Waals surface area contributed by atoms with Crippen molar-refractivity contribution in [3.05, 3.63) is 114 Å². The molecule has 0 spiro atoms. The van der Waals surface area contributed by atoms with Crippen LogP contribution in [0, 0.1) is 0 Å². The first-order chi connectivity index (χ1) is 16.3. The monoisotopic (exact) mass is 435 g/mol. The molecule has 0 fully saturated rings. The predicted octanol–water partition coefficient (Wildman–Crippen LogP) is 4.58. The van der Waals surface area contributed by atoms with Gasteiger partial charge in [-0.25, -0.2) is 0 Å². The molecule has 3 heterocycles. The minimum absolute atomic E-state index is 0.231. The summed E-state index contributed by atoms with van der Waals surface area (Å²) in [6.45, 7) is 1.10. The van der Waals surface area contributed by atoms with Crippen molar-refractivity contribution in [3.63, 3.8) is 0 Å². The molecule has 7 heteroatoms. The van der Waals surface area contributed by atoms with Crippen LogP contribution >= 0.6 is 0 Å². The van der Waals surface area contributed by atoms with Crippen LogP contribution in [0.4, 0.5) is 0 Å². The Morgan fingerprint density at radius 3 is 2.61 bits per heavy atom. The molecule has 7 nitrogen and oxygen atoms in total. The van der Waals surface area contributed by atoms with Crippen LogP contribution in [0.5, 0.6) is 0 Å². The molecule has 0 bridgehead atoms. The summed E-state index contributed by atoms with van der Waals surface area (Å²) in [6, 6.07) is 23.6. The molecule has 0 aliphatic carbocycles. The van der Waals surface area contributed by atoms with E-state index in [0.717, 1.165) is 28.8 Å². The highest BCUT2D eigenvalue weighted by atomic mass is 16.5. The quantitative estimate of drug-likeness (QED) is 0.404. The fourth-order valence-electron chi connectivity index (χ4n) is 3.62. The van der Waals surface area contributed by atoms with Crippen molar-refractivity contribution in [1.82, 2.24) is 25.2 Å². The van der Waals surface area contributed by atoms with Gasteiger partial charge in [-0.15, -0.1) is 0 Å². The maximum atomic E-state index is 12.6. The maximum absolute atomic E-state index is 12.6. The summed E-state index contributed by atoms with van der Waals surface area (Å²) in [5.41, 5.74) is 5.34. The summed E-state index contributed by atoms with van der Waals surface area (Å²) in [6.07, 6.45) is 7.06. The molecule has 5 aromatic rings. The third-order valence-corrected chi connectivity index (χ3v) is 5.31. The SMILES string of the molecule is O=C(NCc1ccccc1-c1ccc(Cn2cccn2)cc1)c1cc(-c2cccnc2)on1. The highest BCUT2D eigenvalue weighted by Crippen LogP contribution is 2.25. The van der Waals surface area contributed by atoms with Crippen molar-refractivity contribution in [2.24, 2.45) is 0 Å². The van der Waals surface area contributed by atoms with Crippen LogP contribution in [0.3, 0.4) is 0 Å². The lowest BCUT2D eigenvalue weighted by molar-refractivity contribution is 0.0942. The zero-order chi connectivity index (χ0) is 22.5. The molecule has 162 valence electrons. The molecule has 1 amide bonds. The Kier molecular flexibility index (Phi) is 5.75. The number of nitrogens with one attached hydrogen (secondary N) is 1. The summed E-state index contributed by atoms with van der Waals surface area (Å²) in [5.74, 6) is 0.210. The number of aromatic nitrogens is 4. The summed E-state index contributed by atoms with van der Waals surface area (Å²) < 4.78 is 7.20. The number of pyridine rings is 1. The van der Waals surface area contributed by atoms with Crippen LogP contribution in [-0.2, 0) is 13.1 Å². The number of benzene rings is 2. The number of hydrogen-bond donors (Lipinski definition) is 1. The topological polar surface area (TPSA) is 85.8 Å². The third kappa shape index (κ3) is 4.72. The zero-order valence-corrected chi connectivity index (χ0v) is 17.8. The van der Waals surface area contributed by atoms with E-state index in [9.17, 15) is 4.79 Å². The van der Waals surface area contributed by atoms with Crippen molar-refractivity contribution >= 4 is 5.91 Å². The number of hydrogen-bond acceptors (Lipinski definition) is 5. The molecule has 0 aliphatic rings. The van der Waals surface area contributed by atoms with E-state index in [4.69, 9.17) is 4.52 Å². The fourth-order valence-corrected chi connectivity index (χ4v) is 3.62. The Morgan fingerprint density at radius 1 is 0.939 bits per heavy atom. The second-order valence-electron chi connectivity index (χ2n) is 7.56. The van der Waals surface area contributed by atoms with Crippen molar-refractivity contribution in [2.75, 3.05) is 0 Å². The summed E-state index contributed by atoms with van der Waals surface area (Å²) in [7, 11) is 0. The van der Waals surface area contributed by atoms with Gasteiger partial charge in [0.25, 0.3) is 5.91 Å². The molecule has 2 aromatic carbocycles. The normalized spacial score (nSPS) is 10.8. The second-order valence-corrected chi connectivity index (χ2v) is 7.56. The van der Waals surface area contributed by atoms with Crippen LogP contribution in [0.2, 0.25) is 0 Å². The average molecular weight is 435 g/mol. The molecule has 0 aliphatic heterocycles. The number of amides is 1. The lowest BCUT2D eigenvalue weighted by Crippen LogP contribution is -2.23. The minimum atomic E-state index is -0.293. The van der Waals surface area contributed by atoms with Crippen LogP contribution in [0.25, 0.3) is 22.5 Å². The van der Waals surface area contributed by atoms with Gasteiger partial charge in [0.1, 0.15) is 0 Å². The standard InChI is InChI=1S/C26H21N5O2/c32-26(24-15-25(33-30-24)22-6-3-12-27-16-22)28-17-21-5-1-2-7-23(21)20-10-8-19(9-11-20)18-31-14-4-13-29-31/h1-16H,17-18H2,(H,28,32). The summed E-state index contributed by atoms with van der Waals surface area (Å²) in [5, 5.41) is 11.1. The molecule has 1 N–H and O–H groups in total. The molecular formula is C26H21N5O2. The Labute approximate surface area is 190 Å². The Bertz CT molecular complexity index is 1340. The van der Waals surface area contributed by atoms with E-state index in [0.29, 0.717) is 12.3 Å². The van der Waals surface area contributed by atoms with Gasteiger partial charge in [0.2, 0.25) is 0 Å². The lowest BCUT2D eigenvalue weighted by Gasteiger charge is -2.11. The van der Waals surface area contributed by atoms with Gasteiger partial charge in [0, 0.05) is 43.0 Å². The Balaban J connectivity index is 1.28. The van der Waals surface area contributed by atoms with E-state index in [1.165, 1.54) is 5.56 Å². The van der Waals surface area contributed by atoms with E-state index in [2.05, 4.69) is 50.9 Å². The minimum Gasteiger partial charge on any atom is -0.355 e. The molecule has 0 unspecified atom stereocenters. The molecule has 0 saturated heterocycles. The van der Waals surface area contributed by atoms with Crippen LogP contribution in [0.15, 0.2) is 102 Å². The Morgan fingerprint density at radius 2 is 1.82 bits per heavy atom. The molecule has 3 aromatic heterocycles. The van der Waals surface area contributed by atoms with Gasteiger partial charge in [-0.05, 0) is 40.5 Å². The molecule has 0 radical (unpaired) electrons. The highest BCUT2D eigenvalue weighted by Gasteiger charge is 2.14. The zero-order valence-electron chi connectivity index (χ0n) is 17.8. The number of carbonyl (C=O) groups excluding carboxylic acids is 1. The summed E-state index contributed by atoms with van der Waals surface area (Å²) >= 11 is 0. The third-order valence-electron chi connectivity index (χ3n) is 5.31. The van der Waals surface area contributed by atoms with E-state index in [-0.39, 0.29) is 11.6 Å². The van der Waals surface area contributed by atoms with E-state index < -0.39 is 0 Å². The molecular weight excluding hydrogens is 414 g/mol. The van der Waals surface area contributed by atoms with Gasteiger partial charge in [-0.1, -0.05) is 53.7 Å². The van der Waals surface area contributed by atoms with E-state index >= 15 is 0 Å². The van der Waals surface area contributed by atoms with Gasteiger partial charge in [-0.2, -0.15) is 5.10 Å². The van der Waals surface area contributed by atoms with E-state index in [1.807, 2.05) is 41.2 Å². The maximum Gasteiger partial charge on any atom is 0.273 e. The van der Waals surface area contributed by atoms with Crippen molar-refractivity contribution in [3.8, 4) is 22.5 Å². The van der Waals surface area contributed by atoms with Crippen molar-refractivity contribution in [2.45, 2.75) is 13.1 Å². The average Bonchev–Trinajstić information content (AvgIpc) is 3.57. The first-order valence-corrected chi connectivity index (χ1v) is 10.6. The van der Waals surface area contributed by atoms with Crippen LogP contribution in [0.1, 0.15) is 21.6 Å². The van der Waals surface area contributed by atoms with Gasteiger partial charge in [0.05, 0.1) is 6.54 Å². The van der Waals surface area contributed by atoms with Gasteiger partial charge in [-0.3, -0.25) is 14.5 Å². The summed E-state index contributed by atoms with van der Waals surface area (Å²) in [4.78, 5) is 16.7. The smallest absolute Gasteiger partial charge is 0.273 e.